The number of hydrogen-bond acceptors (Lipinski definition) is 9. The minimum atomic E-state index is -0.711. The van der Waals surface area contributed by atoms with E-state index in [-0.39, 0.29) is 25.2 Å². The van der Waals surface area contributed by atoms with Crippen LogP contribution in [0.1, 0.15) is 48.1 Å². The molecule has 4 aromatic rings. The summed E-state index contributed by atoms with van der Waals surface area (Å²) in [6.45, 7) is 5.00. The molecule has 2 aromatic heterocycles. The van der Waals surface area contributed by atoms with E-state index in [4.69, 9.17) is 38.4 Å². The average Bonchev–Trinajstić information content (AvgIpc) is 4.15. The maximum atomic E-state index is 13.2. The fraction of sp³-hybridized carbons (Fsp3) is 0.386. The van der Waals surface area contributed by atoms with Crippen LogP contribution < -0.4 is 14.8 Å². The molecule has 10 nitrogen and oxygen atoms in total. The van der Waals surface area contributed by atoms with E-state index < -0.39 is 6.10 Å². The minimum absolute atomic E-state index is 0.0582. The Kier molecular flexibility index (Phi) is 11.2. The van der Waals surface area contributed by atoms with Crippen molar-refractivity contribution in [2.45, 2.75) is 51.4 Å². The molecule has 4 fully saturated rings. The molecule has 2 saturated carbocycles. The predicted molar refractivity (Wildman–Crippen MR) is 203 cm³/mol. The smallest absolute Gasteiger partial charge is 0.255 e. The van der Waals surface area contributed by atoms with Crippen LogP contribution in [0.25, 0.3) is 22.4 Å². The van der Waals surface area contributed by atoms with E-state index >= 15 is 0 Å². The van der Waals surface area contributed by atoms with Gasteiger partial charge in [-0.15, -0.1) is 0 Å². The summed E-state index contributed by atoms with van der Waals surface area (Å²) in [6, 6.07) is 19.7. The molecule has 2 aliphatic heterocycles. The highest BCUT2D eigenvalue weighted by atomic mass is 16.6. The number of rotatable bonds is 10. The highest BCUT2D eigenvalue weighted by Gasteiger charge is 2.24. The van der Waals surface area contributed by atoms with Gasteiger partial charge in [0.1, 0.15) is 30.8 Å². The molecule has 276 valence electrons. The lowest BCUT2D eigenvalue weighted by atomic mass is 9.99. The van der Waals surface area contributed by atoms with Crippen molar-refractivity contribution in [3.05, 3.63) is 89.2 Å². The third-order valence-corrected chi connectivity index (χ3v) is 9.47. The molecule has 1 amide bonds. The van der Waals surface area contributed by atoms with Gasteiger partial charge in [-0.2, -0.15) is 0 Å². The fourth-order valence-electron chi connectivity index (χ4n) is 6.12. The molecule has 2 aromatic carbocycles. The van der Waals surface area contributed by atoms with Crippen molar-refractivity contribution in [1.29, 1.82) is 0 Å². The second kappa shape index (κ2) is 16.8. The van der Waals surface area contributed by atoms with Gasteiger partial charge in [0.15, 0.2) is 6.10 Å². The summed E-state index contributed by atoms with van der Waals surface area (Å²) in [5.74, 6) is 14.9. The largest absolute Gasteiger partial charge is 0.489 e. The van der Waals surface area contributed by atoms with E-state index in [1.54, 1.807) is 6.07 Å². The van der Waals surface area contributed by atoms with Gasteiger partial charge in [0, 0.05) is 52.0 Å². The zero-order valence-electron chi connectivity index (χ0n) is 30.4. The van der Waals surface area contributed by atoms with Gasteiger partial charge in [-0.05, 0) is 80.1 Å². The number of nitrogens with one attached hydrogen (secondary N) is 1. The van der Waals surface area contributed by atoms with Crippen LogP contribution in [0.3, 0.4) is 0 Å². The predicted octanol–water partition coefficient (Wildman–Crippen LogP) is 6.37. The number of aromatic nitrogens is 2. The zero-order chi connectivity index (χ0) is 36.7. The Morgan fingerprint density at radius 2 is 1.61 bits per heavy atom. The lowest BCUT2D eigenvalue weighted by Gasteiger charge is -2.23. The van der Waals surface area contributed by atoms with Gasteiger partial charge in [-0.25, -0.2) is 4.98 Å². The fourth-order valence-corrected chi connectivity index (χ4v) is 6.12. The Bertz CT molecular complexity index is 2110. The molecule has 1 N–H and O–H groups in total. The molecule has 0 spiro atoms. The van der Waals surface area contributed by atoms with Gasteiger partial charge in [-0.1, -0.05) is 41.9 Å². The number of carbonyl (C=O) groups is 1. The first-order valence-corrected chi connectivity index (χ1v) is 18.7. The maximum Gasteiger partial charge on any atom is 0.255 e. The number of hydrogen-bond donors (Lipinski definition) is 1. The van der Waals surface area contributed by atoms with E-state index in [0.29, 0.717) is 80.2 Å². The maximum absolute atomic E-state index is 13.2. The van der Waals surface area contributed by atoms with Gasteiger partial charge in [0.05, 0.1) is 45.3 Å². The van der Waals surface area contributed by atoms with E-state index in [1.165, 1.54) is 12.8 Å². The van der Waals surface area contributed by atoms with Crippen LogP contribution in [0.2, 0.25) is 0 Å². The summed E-state index contributed by atoms with van der Waals surface area (Å²) in [5, 5.41) is 2.98. The van der Waals surface area contributed by atoms with E-state index in [2.05, 4.69) is 54.1 Å². The summed E-state index contributed by atoms with van der Waals surface area (Å²) < 4.78 is 35.3. The standard InChI is InChI=1S/C44H43N3O7/c1-29-19-33(12-10-31-7-8-31)13-14-38(29)35-21-41(53-26-37-25-49-15-17-51-37)40(45-24-35)27-54-43-23-36(46-44(48)42-28-50-16-18-52-42)22-39(47-43)34-4-2-3-32(20-34)11-9-30-5-6-30/h2-4,13-14,19-24,30-31,37,42H,5-8,15-18,25-28H2,1H3,(H,46,47,48)/t37-,42+/m1/s1. The lowest BCUT2D eigenvalue weighted by Crippen LogP contribution is -2.39. The van der Waals surface area contributed by atoms with Gasteiger partial charge in [0.25, 0.3) is 5.91 Å². The molecule has 2 saturated heterocycles. The first-order valence-electron chi connectivity index (χ1n) is 18.7. The van der Waals surface area contributed by atoms with Crippen molar-refractivity contribution in [1.82, 2.24) is 9.97 Å². The van der Waals surface area contributed by atoms with Crippen LogP contribution in [0.5, 0.6) is 11.6 Å². The van der Waals surface area contributed by atoms with E-state index in [9.17, 15) is 4.79 Å². The minimum Gasteiger partial charge on any atom is -0.489 e. The number of pyridine rings is 2. The van der Waals surface area contributed by atoms with Crippen molar-refractivity contribution in [2.24, 2.45) is 11.8 Å². The molecular weight excluding hydrogens is 682 g/mol. The second-order valence-electron chi connectivity index (χ2n) is 14.0. The Labute approximate surface area is 315 Å². The van der Waals surface area contributed by atoms with Crippen LogP contribution in [-0.4, -0.2) is 74.3 Å². The van der Waals surface area contributed by atoms with Gasteiger partial charge in [0.2, 0.25) is 5.88 Å². The number of amides is 1. The number of benzene rings is 2. The first kappa shape index (κ1) is 35.8. The zero-order valence-corrected chi connectivity index (χ0v) is 30.4. The van der Waals surface area contributed by atoms with Gasteiger partial charge >= 0.3 is 0 Å². The molecule has 0 unspecified atom stereocenters. The molecule has 10 heteroatoms. The van der Waals surface area contributed by atoms with Crippen molar-refractivity contribution in [3.8, 4) is 57.7 Å². The second-order valence-corrected chi connectivity index (χ2v) is 14.0. The van der Waals surface area contributed by atoms with Crippen molar-refractivity contribution in [3.63, 3.8) is 0 Å². The third-order valence-electron chi connectivity index (χ3n) is 9.47. The molecule has 4 aliphatic rings. The molecular formula is C44H43N3O7. The Balaban J connectivity index is 1.06. The number of aryl methyl sites for hydroxylation is 1. The third kappa shape index (κ3) is 9.65. The highest BCUT2D eigenvalue weighted by molar-refractivity contribution is 5.95. The summed E-state index contributed by atoms with van der Waals surface area (Å²) in [7, 11) is 0. The summed E-state index contributed by atoms with van der Waals surface area (Å²) in [6.07, 6.45) is 5.62. The lowest BCUT2D eigenvalue weighted by molar-refractivity contribution is -0.142. The van der Waals surface area contributed by atoms with E-state index in [1.807, 2.05) is 42.6 Å². The monoisotopic (exact) mass is 725 g/mol. The Hall–Kier alpha value is -5.23. The molecule has 4 heterocycles. The Morgan fingerprint density at radius 1 is 0.833 bits per heavy atom. The number of anilines is 1. The van der Waals surface area contributed by atoms with Crippen LogP contribution >= 0.6 is 0 Å². The number of carbonyl (C=O) groups excluding carboxylic acids is 1. The first-order chi connectivity index (χ1) is 26.5. The van der Waals surface area contributed by atoms with Crippen LogP contribution in [0.4, 0.5) is 5.69 Å². The molecule has 2 atom stereocenters. The summed E-state index contributed by atoms with van der Waals surface area (Å²) >= 11 is 0. The molecule has 8 rings (SSSR count). The summed E-state index contributed by atoms with van der Waals surface area (Å²) in [4.78, 5) is 22.9. The molecule has 0 bridgehead atoms. The highest BCUT2D eigenvalue weighted by Crippen LogP contribution is 2.32. The van der Waals surface area contributed by atoms with Crippen molar-refractivity contribution in [2.75, 3.05) is 51.6 Å². The van der Waals surface area contributed by atoms with Crippen LogP contribution in [0, 0.1) is 42.4 Å². The van der Waals surface area contributed by atoms with E-state index in [0.717, 1.165) is 46.2 Å². The van der Waals surface area contributed by atoms with Gasteiger partial charge in [-0.3, -0.25) is 9.78 Å². The normalized spacial score (nSPS) is 19.4. The molecule has 0 radical (unpaired) electrons. The van der Waals surface area contributed by atoms with Gasteiger partial charge < -0.3 is 33.7 Å². The molecule has 2 aliphatic carbocycles. The SMILES string of the molecule is Cc1cc(C#CC2CC2)ccc1-c1cnc(COc2cc(NC(=O)[C@@H]3COCCO3)cc(-c3cccc(C#CC4CC4)c3)n2)c(OC[C@H]2COCCO2)c1. The Morgan fingerprint density at radius 3 is 2.33 bits per heavy atom. The van der Waals surface area contributed by atoms with Crippen LogP contribution in [0.15, 0.2) is 66.9 Å². The molecule has 54 heavy (non-hydrogen) atoms. The summed E-state index contributed by atoms with van der Waals surface area (Å²) in [5.41, 5.74) is 7.53. The topological polar surface area (TPSA) is 110 Å². The number of nitrogens with zero attached hydrogens (tertiary/aromatic N) is 2. The van der Waals surface area contributed by atoms with Crippen molar-refractivity contribution >= 4 is 11.6 Å². The van der Waals surface area contributed by atoms with Crippen LogP contribution in [-0.2, 0) is 30.3 Å². The average molecular weight is 726 g/mol. The van der Waals surface area contributed by atoms with Crippen molar-refractivity contribution < 1.29 is 33.2 Å². The quantitative estimate of drug-likeness (QED) is 0.187. The number of ether oxygens (including phenoxy) is 6.